The van der Waals surface area contributed by atoms with Crippen LogP contribution >= 0.6 is 27.5 Å². The molecule has 0 saturated carbocycles. The molecular weight excluding hydrogens is 362 g/mol. The Bertz CT molecular complexity index is 733. The number of carboxylic acid groups (broad SMARTS) is 1. The fourth-order valence-corrected chi connectivity index (χ4v) is 2.22. The number of hydrogen-bond donors (Lipinski definition) is 3. The van der Waals surface area contributed by atoms with E-state index in [2.05, 4.69) is 21.2 Å². The molecule has 0 aliphatic rings. The number of aromatic carboxylic acids is 1. The van der Waals surface area contributed by atoms with Crippen LogP contribution in [0.1, 0.15) is 20.7 Å². The summed E-state index contributed by atoms with van der Waals surface area (Å²) in [6.07, 6.45) is 0. The summed E-state index contributed by atoms with van der Waals surface area (Å²) >= 11 is 9.13. The predicted molar refractivity (Wildman–Crippen MR) is 82.2 cm³/mol. The fourth-order valence-electron chi connectivity index (χ4n) is 1.63. The number of carboxylic acids is 1. The van der Waals surface area contributed by atoms with Crippen molar-refractivity contribution in [2.75, 3.05) is 5.32 Å². The Morgan fingerprint density at radius 3 is 2.48 bits per heavy atom. The minimum absolute atomic E-state index is 0.0169. The van der Waals surface area contributed by atoms with Gasteiger partial charge in [-0.2, -0.15) is 0 Å². The van der Waals surface area contributed by atoms with E-state index in [1.807, 2.05) is 0 Å². The first-order valence-corrected chi connectivity index (χ1v) is 6.88. The lowest BCUT2D eigenvalue weighted by Crippen LogP contribution is -2.12. The van der Waals surface area contributed by atoms with Crippen molar-refractivity contribution in [2.45, 2.75) is 0 Å². The van der Waals surface area contributed by atoms with Crippen LogP contribution in [-0.4, -0.2) is 22.1 Å². The topological polar surface area (TPSA) is 86.6 Å². The smallest absolute Gasteiger partial charge is 0.335 e. The third kappa shape index (κ3) is 3.53. The summed E-state index contributed by atoms with van der Waals surface area (Å²) in [5.74, 6) is -1.84. The molecule has 0 bridgehead atoms. The van der Waals surface area contributed by atoms with Gasteiger partial charge in [-0.05, 0) is 36.4 Å². The van der Waals surface area contributed by atoms with Crippen molar-refractivity contribution < 1.29 is 19.8 Å². The molecule has 0 spiro atoms. The Hall–Kier alpha value is -2.05. The van der Waals surface area contributed by atoms with Crippen molar-refractivity contribution in [1.29, 1.82) is 0 Å². The van der Waals surface area contributed by atoms with Crippen LogP contribution in [0.4, 0.5) is 5.69 Å². The molecule has 0 aliphatic carbocycles. The molecule has 1 amide bonds. The van der Waals surface area contributed by atoms with Gasteiger partial charge in [-0.3, -0.25) is 4.79 Å². The third-order valence-electron chi connectivity index (χ3n) is 2.67. The molecule has 2 aromatic carbocycles. The highest BCUT2D eigenvalue weighted by molar-refractivity contribution is 9.10. The number of hydrogen-bond acceptors (Lipinski definition) is 3. The van der Waals surface area contributed by atoms with Gasteiger partial charge in [-0.25, -0.2) is 4.79 Å². The van der Waals surface area contributed by atoms with Crippen LogP contribution in [0, 0.1) is 0 Å². The molecule has 0 aliphatic heterocycles. The molecule has 0 fully saturated rings. The molecule has 3 N–H and O–H groups in total. The molecule has 2 rings (SSSR count). The molecule has 108 valence electrons. The maximum absolute atomic E-state index is 12.1. The van der Waals surface area contributed by atoms with Gasteiger partial charge in [0, 0.05) is 4.47 Å². The average Bonchev–Trinajstić information content (AvgIpc) is 2.43. The van der Waals surface area contributed by atoms with Gasteiger partial charge < -0.3 is 15.5 Å². The number of anilines is 1. The molecule has 0 unspecified atom stereocenters. The highest BCUT2D eigenvalue weighted by atomic mass is 79.9. The molecule has 7 heteroatoms. The van der Waals surface area contributed by atoms with E-state index in [0.29, 0.717) is 4.47 Å². The van der Waals surface area contributed by atoms with Crippen molar-refractivity contribution in [1.82, 2.24) is 0 Å². The van der Waals surface area contributed by atoms with Crippen LogP contribution in [0.25, 0.3) is 0 Å². The van der Waals surface area contributed by atoms with Crippen molar-refractivity contribution in [3.63, 3.8) is 0 Å². The van der Waals surface area contributed by atoms with Gasteiger partial charge in [0.2, 0.25) is 0 Å². The summed E-state index contributed by atoms with van der Waals surface area (Å²) in [5.41, 5.74) is 0.345. The minimum atomic E-state index is -1.11. The summed E-state index contributed by atoms with van der Waals surface area (Å²) < 4.78 is 0.637. The Kier molecular flexibility index (Phi) is 4.50. The van der Waals surface area contributed by atoms with Crippen LogP contribution in [-0.2, 0) is 0 Å². The largest absolute Gasteiger partial charge is 0.507 e. The van der Waals surface area contributed by atoms with Gasteiger partial charge in [0.05, 0.1) is 21.8 Å². The first-order valence-electron chi connectivity index (χ1n) is 5.71. The molecule has 0 radical (unpaired) electrons. The molecule has 2 aromatic rings. The number of amides is 1. The zero-order chi connectivity index (χ0) is 15.6. The average molecular weight is 371 g/mol. The van der Waals surface area contributed by atoms with Gasteiger partial charge in [0.1, 0.15) is 5.75 Å². The quantitative estimate of drug-likeness (QED) is 0.768. The molecule has 21 heavy (non-hydrogen) atoms. The van der Waals surface area contributed by atoms with E-state index in [1.165, 1.54) is 30.3 Å². The van der Waals surface area contributed by atoms with Crippen molar-refractivity contribution in [2.24, 2.45) is 0 Å². The molecular formula is C14H9BrClNO4. The van der Waals surface area contributed by atoms with Gasteiger partial charge in [-0.15, -0.1) is 0 Å². The summed E-state index contributed by atoms with van der Waals surface area (Å²) in [5, 5.41) is 21.1. The van der Waals surface area contributed by atoms with E-state index in [0.717, 1.165) is 0 Å². The van der Waals surface area contributed by atoms with E-state index in [-0.39, 0.29) is 27.6 Å². The Labute approximate surface area is 133 Å². The second kappa shape index (κ2) is 6.15. The Balaban J connectivity index is 2.27. The summed E-state index contributed by atoms with van der Waals surface area (Å²) in [6, 6.07) is 8.39. The molecule has 0 heterocycles. The standard InChI is InChI=1S/C14H9BrClNO4/c15-8-2-4-12(18)9(6-8)13(19)17-11-3-1-7(14(20)21)5-10(11)16/h1-6,18H,(H,17,19)(H,20,21). The van der Waals surface area contributed by atoms with Gasteiger partial charge in [0.25, 0.3) is 5.91 Å². The first-order chi connectivity index (χ1) is 9.88. The number of phenolic OH excluding ortho intramolecular Hbond substituents is 1. The second-order valence-corrected chi connectivity index (χ2v) is 5.44. The first kappa shape index (κ1) is 15.3. The fraction of sp³-hybridized carbons (Fsp3) is 0. The Morgan fingerprint density at radius 2 is 1.86 bits per heavy atom. The summed E-state index contributed by atoms with van der Waals surface area (Å²) in [7, 11) is 0. The number of phenols is 1. The van der Waals surface area contributed by atoms with E-state index in [9.17, 15) is 14.7 Å². The SMILES string of the molecule is O=C(O)c1ccc(NC(=O)c2cc(Br)ccc2O)c(Cl)c1. The van der Waals surface area contributed by atoms with Crippen LogP contribution in [0.2, 0.25) is 5.02 Å². The minimum Gasteiger partial charge on any atom is -0.507 e. The van der Waals surface area contributed by atoms with E-state index < -0.39 is 11.9 Å². The van der Waals surface area contributed by atoms with Crippen LogP contribution in [0.5, 0.6) is 5.75 Å². The predicted octanol–water partition coefficient (Wildman–Crippen LogP) is 3.76. The zero-order valence-electron chi connectivity index (χ0n) is 10.4. The normalized spacial score (nSPS) is 10.2. The number of benzene rings is 2. The molecule has 5 nitrogen and oxygen atoms in total. The van der Waals surface area contributed by atoms with Gasteiger partial charge in [-0.1, -0.05) is 27.5 Å². The van der Waals surface area contributed by atoms with Crippen molar-refractivity contribution in [3.8, 4) is 5.75 Å². The van der Waals surface area contributed by atoms with Gasteiger partial charge in [0.15, 0.2) is 0 Å². The number of aromatic hydroxyl groups is 1. The maximum atomic E-state index is 12.1. The zero-order valence-corrected chi connectivity index (χ0v) is 12.8. The maximum Gasteiger partial charge on any atom is 0.335 e. The Morgan fingerprint density at radius 1 is 1.14 bits per heavy atom. The number of carbonyl (C=O) groups is 2. The van der Waals surface area contributed by atoms with E-state index in [4.69, 9.17) is 16.7 Å². The van der Waals surface area contributed by atoms with Crippen LogP contribution in [0.15, 0.2) is 40.9 Å². The van der Waals surface area contributed by atoms with Crippen LogP contribution in [0.3, 0.4) is 0 Å². The lowest BCUT2D eigenvalue weighted by molar-refractivity contribution is 0.0696. The molecule has 0 atom stereocenters. The highest BCUT2D eigenvalue weighted by Crippen LogP contribution is 2.26. The monoisotopic (exact) mass is 369 g/mol. The number of halogens is 2. The third-order valence-corrected chi connectivity index (χ3v) is 3.47. The van der Waals surface area contributed by atoms with Crippen LogP contribution < -0.4 is 5.32 Å². The second-order valence-electron chi connectivity index (χ2n) is 4.12. The molecule has 0 aromatic heterocycles. The summed E-state index contributed by atoms with van der Waals surface area (Å²) in [6.45, 7) is 0. The number of carbonyl (C=O) groups excluding carboxylic acids is 1. The van der Waals surface area contributed by atoms with Gasteiger partial charge >= 0.3 is 5.97 Å². The van der Waals surface area contributed by atoms with Crippen molar-refractivity contribution in [3.05, 3.63) is 57.0 Å². The summed E-state index contributed by atoms with van der Waals surface area (Å²) in [4.78, 5) is 22.9. The molecule has 0 saturated heterocycles. The lowest BCUT2D eigenvalue weighted by atomic mass is 10.1. The van der Waals surface area contributed by atoms with E-state index in [1.54, 1.807) is 6.07 Å². The highest BCUT2D eigenvalue weighted by Gasteiger charge is 2.14. The van der Waals surface area contributed by atoms with Crippen molar-refractivity contribution >= 4 is 45.1 Å². The van der Waals surface area contributed by atoms with E-state index >= 15 is 0 Å². The number of nitrogens with one attached hydrogen (secondary N) is 1. The number of rotatable bonds is 3. The lowest BCUT2D eigenvalue weighted by Gasteiger charge is -2.09.